The third-order valence-electron chi connectivity index (χ3n) is 4.39. The highest BCUT2D eigenvalue weighted by molar-refractivity contribution is 7.98. The van der Waals surface area contributed by atoms with Gasteiger partial charge in [-0.15, -0.1) is 0 Å². The van der Waals surface area contributed by atoms with Crippen molar-refractivity contribution in [2.45, 2.75) is 25.3 Å². The second-order valence-electron chi connectivity index (χ2n) is 6.32. The normalized spacial score (nSPS) is 12.6. The van der Waals surface area contributed by atoms with Gasteiger partial charge >= 0.3 is 0 Å². The van der Waals surface area contributed by atoms with Gasteiger partial charge in [0.15, 0.2) is 14.6 Å². The van der Waals surface area contributed by atoms with Gasteiger partial charge in [-0.1, -0.05) is 36.5 Å². The summed E-state index contributed by atoms with van der Waals surface area (Å²) in [5.41, 5.74) is 2.29. The summed E-state index contributed by atoms with van der Waals surface area (Å²) in [5, 5.41) is 0. The molecule has 3 rings (SSSR count). The summed E-state index contributed by atoms with van der Waals surface area (Å²) < 4.78 is 27.8. The monoisotopic (exact) mass is 434 g/mol. The molecule has 28 heavy (non-hydrogen) atoms. The highest BCUT2D eigenvalue weighted by Gasteiger charge is 2.20. The van der Waals surface area contributed by atoms with E-state index in [1.54, 1.807) is 30.8 Å². The van der Waals surface area contributed by atoms with E-state index in [4.69, 9.17) is 0 Å². The van der Waals surface area contributed by atoms with E-state index >= 15 is 0 Å². The minimum Gasteiger partial charge on any atom is -0.316 e. The zero-order valence-electron chi connectivity index (χ0n) is 16.0. The number of hydrogen-bond donors (Lipinski definition) is 0. The lowest BCUT2D eigenvalue weighted by Gasteiger charge is -2.06. The van der Waals surface area contributed by atoms with Crippen LogP contribution >= 0.6 is 23.1 Å². The molecule has 0 saturated heterocycles. The number of aromatic nitrogens is 1. The van der Waals surface area contributed by atoms with E-state index < -0.39 is 15.7 Å². The molecule has 5 nitrogen and oxygen atoms in total. The van der Waals surface area contributed by atoms with E-state index in [2.05, 4.69) is 11.1 Å². The first-order valence-electron chi connectivity index (χ1n) is 8.87. The van der Waals surface area contributed by atoms with Crippen molar-refractivity contribution in [3.8, 4) is 0 Å². The SMILES string of the molecule is CCS(=O)(=O)c1ccccc1C(=O)N=c1sc2cc(C)ccc2n1CCSC. The topological polar surface area (TPSA) is 68.5 Å². The van der Waals surface area contributed by atoms with Gasteiger partial charge in [0.1, 0.15) is 0 Å². The molecule has 0 saturated carbocycles. The van der Waals surface area contributed by atoms with E-state index in [9.17, 15) is 13.2 Å². The largest absolute Gasteiger partial charge is 0.316 e. The number of thiazole rings is 1. The number of sulfone groups is 1. The van der Waals surface area contributed by atoms with Gasteiger partial charge in [0.25, 0.3) is 5.91 Å². The van der Waals surface area contributed by atoms with Crippen molar-refractivity contribution >= 4 is 49.1 Å². The Labute approximate surface area is 173 Å². The summed E-state index contributed by atoms with van der Waals surface area (Å²) in [7, 11) is -3.51. The fourth-order valence-electron chi connectivity index (χ4n) is 2.88. The molecule has 0 bridgehead atoms. The Hall–Kier alpha value is -1.90. The average molecular weight is 435 g/mol. The molecule has 0 radical (unpaired) electrons. The van der Waals surface area contributed by atoms with E-state index in [0.29, 0.717) is 4.80 Å². The second kappa shape index (κ2) is 8.63. The number of benzene rings is 2. The molecule has 1 amide bonds. The number of carbonyl (C=O) groups is 1. The lowest BCUT2D eigenvalue weighted by molar-refractivity contribution is 0.0994. The lowest BCUT2D eigenvalue weighted by atomic mass is 10.2. The van der Waals surface area contributed by atoms with Crippen molar-refractivity contribution in [3.05, 3.63) is 58.4 Å². The molecule has 0 N–H and O–H groups in total. The molecule has 0 unspecified atom stereocenters. The average Bonchev–Trinajstić information content (AvgIpc) is 3.02. The van der Waals surface area contributed by atoms with Crippen LogP contribution in [0.4, 0.5) is 0 Å². The van der Waals surface area contributed by atoms with Crippen LogP contribution in [0.2, 0.25) is 0 Å². The molecule has 0 aliphatic carbocycles. The van der Waals surface area contributed by atoms with Gasteiger partial charge in [0.05, 0.1) is 26.4 Å². The molecular weight excluding hydrogens is 412 g/mol. The number of carbonyl (C=O) groups excluding carboxylic acids is 1. The number of fused-ring (bicyclic) bond motifs is 1. The van der Waals surface area contributed by atoms with Crippen LogP contribution in [0.1, 0.15) is 22.8 Å². The van der Waals surface area contributed by atoms with Crippen molar-refractivity contribution < 1.29 is 13.2 Å². The highest BCUT2D eigenvalue weighted by Crippen LogP contribution is 2.21. The summed E-state index contributed by atoms with van der Waals surface area (Å²) in [5.74, 6) is 0.295. The Balaban J connectivity index is 2.17. The van der Waals surface area contributed by atoms with Crippen molar-refractivity contribution in [2.24, 2.45) is 4.99 Å². The predicted octanol–water partition coefficient (Wildman–Crippen LogP) is 3.91. The van der Waals surface area contributed by atoms with Crippen molar-refractivity contribution in [1.29, 1.82) is 0 Å². The number of aryl methyl sites for hydroxylation is 2. The van der Waals surface area contributed by atoms with E-state index in [0.717, 1.165) is 28.1 Å². The summed E-state index contributed by atoms with van der Waals surface area (Å²) in [6, 6.07) is 12.4. The smallest absolute Gasteiger partial charge is 0.280 e. The molecule has 8 heteroatoms. The van der Waals surface area contributed by atoms with Crippen molar-refractivity contribution in [3.63, 3.8) is 0 Å². The van der Waals surface area contributed by atoms with Gasteiger partial charge in [0, 0.05) is 12.3 Å². The summed E-state index contributed by atoms with van der Waals surface area (Å²) in [4.78, 5) is 17.9. The molecule has 0 aliphatic rings. The van der Waals surface area contributed by atoms with E-state index in [1.165, 1.54) is 23.5 Å². The van der Waals surface area contributed by atoms with Gasteiger partial charge in [0.2, 0.25) is 0 Å². The zero-order chi connectivity index (χ0) is 20.3. The molecule has 0 atom stereocenters. The molecule has 148 valence electrons. The second-order valence-corrected chi connectivity index (χ2v) is 10.6. The minimum absolute atomic E-state index is 0.0406. The van der Waals surface area contributed by atoms with Crippen molar-refractivity contribution in [2.75, 3.05) is 17.8 Å². The molecule has 2 aromatic carbocycles. The van der Waals surface area contributed by atoms with Crippen LogP contribution in [0.25, 0.3) is 10.2 Å². The summed E-state index contributed by atoms with van der Waals surface area (Å²) in [6.45, 7) is 4.32. The first kappa shape index (κ1) is 20.8. The van der Waals surface area contributed by atoms with Crippen molar-refractivity contribution in [1.82, 2.24) is 4.57 Å². The third-order valence-corrected chi connectivity index (χ3v) is 7.81. The standard InChI is InChI=1S/C20H22N2O3S3/c1-4-28(24,25)18-8-6-5-7-15(18)19(23)21-20-22(11-12-26-3)16-10-9-14(2)13-17(16)27-20/h5-10,13H,4,11-12H2,1-3H3. The number of nitrogens with zero attached hydrogens (tertiary/aromatic N) is 2. The fraction of sp³-hybridized carbons (Fsp3) is 0.300. The lowest BCUT2D eigenvalue weighted by Crippen LogP contribution is -2.19. The summed E-state index contributed by atoms with van der Waals surface area (Å²) in [6.07, 6.45) is 2.03. The molecule has 0 spiro atoms. The van der Waals surface area contributed by atoms with Crippen LogP contribution in [-0.4, -0.2) is 36.7 Å². The summed E-state index contributed by atoms with van der Waals surface area (Å²) >= 11 is 3.17. The van der Waals surface area contributed by atoms with Crippen LogP contribution in [0.3, 0.4) is 0 Å². The molecule has 3 aromatic rings. The maximum atomic E-state index is 12.9. The first-order valence-corrected chi connectivity index (χ1v) is 12.7. The molecule has 0 aliphatic heterocycles. The predicted molar refractivity (Wildman–Crippen MR) is 117 cm³/mol. The van der Waals surface area contributed by atoms with Crippen LogP contribution in [0, 0.1) is 6.92 Å². The van der Waals surface area contributed by atoms with E-state index in [1.807, 2.05) is 29.9 Å². The first-order chi connectivity index (χ1) is 13.4. The van der Waals surface area contributed by atoms with Gasteiger partial charge in [-0.2, -0.15) is 16.8 Å². The Kier molecular flexibility index (Phi) is 6.42. The fourth-order valence-corrected chi connectivity index (χ4v) is 5.49. The molecule has 0 fully saturated rings. The Morgan fingerprint density at radius 2 is 1.96 bits per heavy atom. The molecule has 1 aromatic heterocycles. The number of rotatable bonds is 6. The van der Waals surface area contributed by atoms with Gasteiger partial charge in [-0.05, 0) is 43.0 Å². The van der Waals surface area contributed by atoms with Crippen LogP contribution in [0.5, 0.6) is 0 Å². The Morgan fingerprint density at radius 1 is 1.21 bits per heavy atom. The molecule has 1 heterocycles. The van der Waals surface area contributed by atoms with Gasteiger partial charge < -0.3 is 4.57 Å². The number of hydrogen-bond acceptors (Lipinski definition) is 5. The maximum Gasteiger partial charge on any atom is 0.280 e. The highest BCUT2D eigenvalue weighted by atomic mass is 32.2. The van der Waals surface area contributed by atoms with Gasteiger partial charge in [-0.25, -0.2) is 8.42 Å². The number of thioether (sulfide) groups is 1. The van der Waals surface area contributed by atoms with E-state index in [-0.39, 0.29) is 16.2 Å². The molecular formula is C20H22N2O3S3. The third kappa shape index (κ3) is 4.24. The quantitative estimate of drug-likeness (QED) is 0.590. The van der Waals surface area contributed by atoms with Crippen LogP contribution in [-0.2, 0) is 16.4 Å². The Morgan fingerprint density at radius 3 is 2.68 bits per heavy atom. The van der Waals surface area contributed by atoms with Gasteiger partial charge in [-0.3, -0.25) is 4.79 Å². The maximum absolute atomic E-state index is 12.9. The Bertz CT molecular complexity index is 1190. The van der Waals surface area contributed by atoms with Crippen LogP contribution in [0.15, 0.2) is 52.4 Å². The zero-order valence-corrected chi connectivity index (χ0v) is 18.5. The number of amides is 1. The minimum atomic E-state index is -3.51. The van der Waals surface area contributed by atoms with Crippen LogP contribution < -0.4 is 4.80 Å².